The van der Waals surface area contributed by atoms with E-state index in [9.17, 15) is 0 Å². The second-order valence-corrected chi connectivity index (χ2v) is 6.99. The third-order valence-corrected chi connectivity index (χ3v) is 5.71. The summed E-state index contributed by atoms with van der Waals surface area (Å²) in [6.07, 6.45) is 1.36. The zero-order valence-electron chi connectivity index (χ0n) is 11.0. The van der Waals surface area contributed by atoms with Gasteiger partial charge in [0.25, 0.3) is 0 Å². The van der Waals surface area contributed by atoms with Gasteiger partial charge in [0.15, 0.2) is 0 Å². The minimum Gasteiger partial charge on any atom is -0.316 e. The molecular weight excluding hydrogens is 216 g/mol. The Bertz CT molecular complexity index is 224. The number of nitrogens with one attached hydrogen (secondary N) is 1. The average molecular weight is 242 g/mol. The highest BCUT2D eigenvalue weighted by Gasteiger charge is 2.39. The Morgan fingerprint density at radius 2 is 2.31 bits per heavy atom. The minimum absolute atomic E-state index is 0.538. The molecule has 0 aromatic heterocycles. The van der Waals surface area contributed by atoms with Crippen LogP contribution in [0.2, 0.25) is 0 Å². The Morgan fingerprint density at radius 1 is 1.50 bits per heavy atom. The Balaban J connectivity index is 1.99. The molecule has 0 saturated carbocycles. The van der Waals surface area contributed by atoms with Crippen LogP contribution in [-0.4, -0.2) is 48.6 Å². The lowest BCUT2D eigenvalue weighted by Crippen LogP contribution is -2.49. The fraction of sp³-hybridized carbons (Fsp3) is 1.00. The number of nitrogens with zero attached hydrogens (tertiary/aromatic N) is 1. The first-order valence-corrected chi connectivity index (χ1v) is 7.82. The maximum atomic E-state index is 3.57. The Hall–Kier alpha value is 0.270. The van der Waals surface area contributed by atoms with Crippen LogP contribution in [0.15, 0.2) is 0 Å². The van der Waals surface area contributed by atoms with Crippen LogP contribution < -0.4 is 5.32 Å². The molecule has 2 atom stereocenters. The Labute approximate surface area is 105 Å². The van der Waals surface area contributed by atoms with E-state index in [1.807, 2.05) is 0 Å². The topological polar surface area (TPSA) is 15.3 Å². The lowest BCUT2D eigenvalue weighted by atomic mass is 9.76. The first kappa shape index (κ1) is 12.7. The van der Waals surface area contributed by atoms with E-state index >= 15 is 0 Å². The van der Waals surface area contributed by atoms with Crippen LogP contribution in [-0.2, 0) is 0 Å². The van der Waals surface area contributed by atoms with Crippen molar-refractivity contribution in [2.24, 2.45) is 11.3 Å². The molecule has 0 spiro atoms. The number of hydrogen-bond donors (Lipinski definition) is 1. The molecule has 2 heterocycles. The summed E-state index contributed by atoms with van der Waals surface area (Å²) in [5.74, 6) is 3.44. The van der Waals surface area contributed by atoms with Crippen LogP contribution in [0.4, 0.5) is 0 Å². The van der Waals surface area contributed by atoms with Crippen LogP contribution in [0.1, 0.15) is 27.2 Å². The van der Waals surface area contributed by atoms with Gasteiger partial charge in [0.05, 0.1) is 0 Å². The number of thioether (sulfide) groups is 1. The monoisotopic (exact) mass is 242 g/mol. The van der Waals surface area contributed by atoms with Gasteiger partial charge in [-0.2, -0.15) is 11.8 Å². The van der Waals surface area contributed by atoms with Gasteiger partial charge in [-0.25, -0.2) is 0 Å². The van der Waals surface area contributed by atoms with E-state index < -0.39 is 0 Å². The molecule has 0 bridgehead atoms. The number of rotatable bonds is 3. The van der Waals surface area contributed by atoms with E-state index in [0.717, 1.165) is 12.0 Å². The summed E-state index contributed by atoms with van der Waals surface area (Å²) in [5.41, 5.74) is 0.538. The molecule has 2 fully saturated rings. The van der Waals surface area contributed by atoms with E-state index in [-0.39, 0.29) is 0 Å². The maximum Gasteiger partial charge on any atom is 0.0158 e. The second-order valence-electron chi connectivity index (χ2n) is 5.84. The van der Waals surface area contributed by atoms with Crippen molar-refractivity contribution >= 4 is 11.8 Å². The smallest absolute Gasteiger partial charge is 0.0158 e. The molecule has 94 valence electrons. The first-order valence-electron chi connectivity index (χ1n) is 6.66. The van der Waals surface area contributed by atoms with Crippen molar-refractivity contribution < 1.29 is 0 Å². The third kappa shape index (κ3) is 2.57. The van der Waals surface area contributed by atoms with E-state index in [0.29, 0.717) is 5.41 Å². The van der Waals surface area contributed by atoms with E-state index in [2.05, 4.69) is 42.7 Å². The van der Waals surface area contributed by atoms with Crippen molar-refractivity contribution in [3.63, 3.8) is 0 Å². The summed E-state index contributed by atoms with van der Waals surface area (Å²) in [6.45, 7) is 12.2. The predicted octanol–water partition coefficient (Wildman–Crippen LogP) is 2.06. The summed E-state index contributed by atoms with van der Waals surface area (Å²) in [7, 11) is 0. The van der Waals surface area contributed by atoms with Gasteiger partial charge in [-0.15, -0.1) is 0 Å². The summed E-state index contributed by atoms with van der Waals surface area (Å²) < 4.78 is 0. The minimum atomic E-state index is 0.538. The summed E-state index contributed by atoms with van der Waals surface area (Å²) in [6, 6.07) is 0.773. The molecule has 2 nitrogen and oxygen atoms in total. The molecule has 0 aliphatic carbocycles. The quantitative estimate of drug-likeness (QED) is 0.815. The molecule has 2 rings (SSSR count). The highest BCUT2D eigenvalue weighted by atomic mass is 32.2. The zero-order valence-corrected chi connectivity index (χ0v) is 11.8. The predicted molar refractivity (Wildman–Crippen MR) is 73.1 cm³/mol. The molecule has 3 heteroatoms. The van der Waals surface area contributed by atoms with Gasteiger partial charge in [0, 0.05) is 37.2 Å². The Kier molecular flexibility index (Phi) is 4.20. The SMILES string of the molecule is CC1CSCCN1CC1(C(C)C)CCNC1. The summed E-state index contributed by atoms with van der Waals surface area (Å²) in [4.78, 5) is 2.73. The maximum absolute atomic E-state index is 3.57. The largest absolute Gasteiger partial charge is 0.316 e. The number of hydrogen-bond acceptors (Lipinski definition) is 3. The summed E-state index contributed by atoms with van der Waals surface area (Å²) >= 11 is 2.11. The zero-order chi connectivity index (χ0) is 11.6. The lowest BCUT2D eigenvalue weighted by molar-refractivity contribution is 0.0997. The third-order valence-electron chi connectivity index (χ3n) is 4.52. The van der Waals surface area contributed by atoms with Gasteiger partial charge in [0.1, 0.15) is 0 Å². The van der Waals surface area contributed by atoms with E-state index in [1.165, 1.54) is 44.1 Å². The molecule has 0 radical (unpaired) electrons. The van der Waals surface area contributed by atoms with E-state index in [1.54, 1.807) is 0 Å². The van der Waals surface area contributed by atoms with Crippen molar-refractivity contribution in [2.45, 2.75) is 33.2 Å². The van der Waals surface area contributed by atoms with Gasteiger partial charge < -0.3 is 5.32 Å². The average Bonchev–Trinajstić information content (AvgIpc) is 2.71. The van der Waals surface area contributed by atoms with Crippen molar-refractivity contribution in [3.05, 3.63) is 0 Å². The van der Waals surface area contributed by atoms with Crippen molar-refractivity contribution in [1.29, 1.82) is 0 Å². The van der Waals surface area contributed by atoms with Gasteiger partial charge >= 0.3 is 0 Å². The van der Waals surface area contributed by atoms with Crippen molar-refractivity contribution in [3.8, 4) is 0 Å². The Morgan fingerprint density at radius 3 is 2.88 bits per heavy atom. The van der Waals surface area contributed by atoms with Gasteiger partial charge in [-0.05, 0) is 31.2 Å². The molecule has 2 unspecified atom stereocenters. The standard InChI is InChI=1S/C13H26N2S/c1-11(2)13(4-5-14-9-13)10-15-6-7-16-8-12(15)3/h11-12,14H,4-10H2,1-3H3. The van der Waals surface area contributed by atoms with Crippen LogP contribution in [0.3, 0.4) is 0 Å². The molecule has 16 heavy (non-hydrogen) atoms. The van der Waals surface area contributed by atoms with Crippen LogP contribution in [0.5, 0.6) is 0 Å². The molecule has 2 saturated heterocycles. The molecule has 0 aromatic carbocycles. The second kappa shape index (κ2) is 5.28. The van der Waals surface area contributed by atoms with Gasteiger partial charge in [-0.1, -0.05) is 13.8 Å². The molecule has 0 amide bonds. The molecule has 1 N–H and O–H groups in total. The lowest BCUT2D eigenvalue weighted by Gasteiger charge is -2.42. The molecule has 0 aromatic rings. The normalized spacial score (nSPS) is 37.1. The van der Waals surface area contributed by atoms with Gasteiger partial charge in [0.2, 0.25) is 0 Å². The van der Waals surface area contributed by atoms with E-state index in [4.69, 9.17) is 0 Å². The highest BCUT2D eigenvalue weighted by Crippen LogP contribution is 2.36. The molecular formula is C13H26N2S. The fourth-order valence-corrected chi connectivity index (χ4v) is 4.06. The van der Waals surface area contributed by atoms with Gasteiger partial charge in [-0.3, -0.25) is 4.90 Å². The van der Waals surface area contributed by atoms with Crippen molar-refractivity contribution in [2.75, 3.05) is 37.7 Å². The van der Waals surface area contributed by atoms with Crippen LogP contribution in [0.25, 0.3) is 0 Å². The van der Waals surface area contributed by atoms with Crippen LogP contribution in [0, 0.1) is 11.3 Å². The first-order chi connectivity index (χ1) is 7.64. The summed E-state index contributed by atoms with van der Waals surface area (Å²) in [5, 5.41) is 3.57. The molecule has 2 aliphatic heterocycles. The highest BCUT2D eigenvalue weighted by molar-refractivity contribution is 7.99. The molecule has 2 aliphatic rings. The van der Waals surface area contributed by atoms with Crippen molar-refractivity contribution in [1.82, 2.24) is 10.2 Å². The van der Waals surface area contributed by atoms with Crippen LogP contribution >= 0.6 is 11.8 Å². The fourth-order valence-electron chi connectivity index (χ4n) is 2.97.